The predicted molar refractivity (Wildman–Crippen MR) is 81.6 cm³/mol. The smallest absolute Gasteiger partial charge is 0.0692 e. The fraction of sp³-hybridized carbons (Fsp3) is 0.812. The molecule has 1 N–H and O–H groups in total. The van der Waals surface area contributed by atoms with E-state index in [0.717, 1.165) is 25.9 Å². The van der Waals surface area contributed by atoms with Crippen LogP contribution in [0.5, 0.6) is 0 Å². The van der Waals surface area contributed by atoms with Gasteiger partial charge in [-0.3, -0.25) is 9.58 Å². The molecule has 1 aliphatic rings. The Labute approximate surface area is 122 Å². The van der Waals surface area contributed by atoms with Crippen LogP contribution in [0.3, 0.4) is 0 Å². The van der Waals surface area contributed by atoms with Gasteiger partial charge in [0.15, 0.2) is 0 Å². The van der Waals surface area contributed by atoms with Crippen LogP contribution >= 0.6 is 0 Å². The number of hydrogen-bond donors (Lipinski definition) is 1. The first-order valence-electron chi connectivity index (χ1n) is 7.88. The van der Waals surface area contributed by atoms with Crippen molar-refractivity contribution in [3.63, 3.8) is 0 Å². The van der Waals surface area contributed by atoms with Gasteiger partial charge in [-0.15, -0.1) is 0 Å². The first-order valence-corrected chi connectivity index (χ1v) is 7.88. The molecule has 2 rings (SSSR count). The Morgan fingerprint density at radius 2 is 2.15 bits per heavy atom. The molecule has 0 spiro atoms. The van der Waals surface area contributed by atoms with Gasteiger partial charge >= 0.3 is 0 Å². The highest BCUT2D eigenvalue weighted by atomic mass is 16.3. The minimum Gasteiger partial charge on any atom is -0.392 e. The van der Waals surface area contributed by atoms with Crippen molar-refractivity contribution in [1.29, 1.82) is 0 Å². The van der Waals surface area contributed by atoms with Crippen LogP contribution < -0.4 is 0 Å². The zero-order valence-electron chi connectivity index (χ0n) is 13.3. The summed E-state index contributed by atoms with van der Waals surface area (Å²) in [6.45, 7) is 10.5. The summed E-state index contributed by atoms with van der Waals surface area (Å²) in [5, 5.41) is 14.7. The van der Waals surface area contributed by atoms with Crippen molar-refractivity contribution >= 4 is 0 Å². The molecule has 114 valence electrons. The largest absolute Gasteiger partial charge is 0.392 e. The Morgan fingerprint density at radius 3 is 2.75 bits per heavy atom. The summed E-state index contributed by atoms with van der Waals surface area (Å²) in [7, 11) is 0. The fourth-order valence-electron chi connectivity index (χ4n) is 2.96. The molecule has 1 fully saturated rings. The van der Waals surface area contributed by atoms with Crippen LogP contribution in [0.15, 0.2) is 12.4 Å². The molecule has 0 unspecified atom stereocenters. The molecular weight excluding hydrogens is 250 g/mol. The van der Waals surface area contributed by atoms with Crippen molar-refractivity contribution in [3.05, 3.63) is 18.0 Å². The summed E-state index contributed by atoms with van der Waals surface area (Å²) < 4.78 is 2.03. The molecule has 0 saturated carbocycles. The number of likely N-dealkylation sites (tertiary alicyclic amines) is 1. The molecule has 2 atom stereocenters. The predicted octanol–water partition coefficient (Wildman–Crippen LogP) is 2.76. The number of nitrogens with zero attached hydrogens (tertiary/aromatic N) is 3. The third kappa shape index (κ3) is 3.61. The Kier molecular flexibility index (Phi) is 4.86. The van der Waals surface area contributed by atoms with Crippen molar-refractivity contribution in [2.75, 3.05) is 6.54 Å². The quantitative estimate of drug-likeness (QED) is 0.921. The molecule has 1 saturated heterocycles. The van der Waals surface area contributed by atoms with Gasteiger partial charge in [0.25, 0.3) is 0 Å². The molecule has 0 aromatic carbocycles. The van der Waals surface area contributed by atoms with Crippen molar-refractivity contribution < 1.29 is 5.11 Å². The molecule has 2 heterocycles. The highest BCUT2D eigenvalue weighted by Gasteiger charge is 2.28. The lowest BCUT2D eigenvalue weighted by Gasteiger charge is -2.38. The van der Waals surface area contributed by atoms with Crippen LogP contribution in [0.2, 0.25) is 0 Å². The highest BCUT2D eigenvalue weighted by Crippen LogP contribution is 2.23. The Balaban J connectivity index is 2.05. The summed E-state index contributed by atoms with van der Waals surface area (Å²) in [5.41, 5.74) is 1.28. The molecule has 1 aromatic heterocycles. The maximum atomic E-state index is 10.2. The topological polar surface area (TPSA) is 41.3 Å². The number of piperidine rings is 1. The summed E-state index contributed by atoms with van der Waals surface area (Å²) in [6, 6.07) is 0.312. The van der Waals surface area contributed by atoms with Gasteiger partial charge in [0.2, 0.25) is 0 Å². The average Bonchev–Trinajstić information content (AvgIpc) is 2.87. The van der Waals surface area contributed by atoms with E-state index in [4.69, 9.17) is 0 Å². The Morgan fingerprint density at radius 1 is 1.40 bits per heavy atom. The number of aliphatic hydroxyl groups is 1. The molecule has 0 aliphatic carbocycles. The third-order valence-corrected chi connectivity index (χ3v) is 4.24. The van der Waals surface area contributed by atoms with Gasteiger partial charge in [-0.2, -0.15) is 5.10 Å². The first kappa shape index (κ1) is 15.5. The van der Waals surface area contributed by atoms with Crippen LogP contribution in [0.1, 0.15) is 58.9 Å². The molecule has 4 nitrogen and oxygen atoms in total. The summed E-state index contributed by atoms with van der Waals surface area (Å²) in [5.74, 6) is 0. The van der Waals surface area contributed by atoms with Gasteiger partial charge < -0.3 is 5.11 Å². The standard InChI is InChI=1S/C16H29N3O/c1-5-15(20)14-8-6-7-9-18(14)11-13-10-17-19(12-13)16(2,3)4/h10,12,14-15,20H,5-9,11H2,1-4H3/t14-,15-/m0/s1. The van der Waals surface area contributed by atoms with Gasteiger partial charge in [0.05, 0.1) is 17.8 Å². The lowest BCUT2D eigenvalue weighted by atomic mass is 9.95. The van der Waals surface area contributed by atoms with E-state index in [1.165, 1.54) is 18.4 Å². The van der Waals surface area contributed by atoms with Crippen LogP contribution in [-0.2, 0) is 12.1 Å². The van der Waals surface area contributed by atoms with Crippen LogP contribution in [0.25, 0.3) is 0 Å². The maximum absolute atomic E-state index is 10.2. The van der Waals surface area contributed by atoms with Crippen molar-refractivity contribution in [1.82, 2.24) is 14.7 Å². The minimum atomic E-state index is -0.201. The van der Waals surface area contributed by atoms with Crippen LogP contribution in [0, 0.1) is 0 Å². The van der Waals surface area contributed by atoms with Crippen molar-refractivity contribution in [2.24, 2.45) is 0 Å². The van der Waals surface area contributed by atoms with Gasteiger partial charge in [0, 0.05) is 24.3 Å². The molecule has 4 heteroatoms. The molecule has 1 aliphatic heterocycles. The zero-order valence-corrected chi connectivity index (χ0v) is 13.3. The molecule has 0 amide bonds. The van der Waals surface area contributed by atoms with E-state index in [-0.39, 0.29) is 11.6 Å². The lowest BCUT2D eigenvalue weighted by molar-refractivity contribution is 0.0195. The van der Waals surface area contributed by atoms with E-state index in [1.807, 2.05) is 10.9 Å². The van der Waals surface area contributed by atoms with Crippen LogP contribution in [-0.4, -0.2) is 38.5 Å². The Hall–Kier alpha value is -0.870. The summed E-state index contributed by atoms with van der Waals surface area (Å²) in [6.07, 6.45) is 8.33. The number of hydrogen-bond acceptors (Lipinski definition) is 3. The average molecular weight is 279 g/mol. The van der Waals surface area contributed by atoms with E-state index in [2.05, 4.69) is 43.9 Å². The van der Waals surface area contributed by atoms with E-state index in [9.17, 15) is 5.11 Å². The highest BCUT2D eigenvalue weighted by molar-refractivity contribution is 5.06. The lowest BCUT2D eigenvalue weighted by Crippen LogP contribution is -2.46. The second-order valence-corrected chi connectivity index (χ2v) is 6.97. The first-order chi connectivity index (χ1) is 9.41. The van der Waals surface area contributed by atoms with E-state index in [1.54, 1.807) is 0 Å². The van der Waals surface area contributed by atoms with Crippen molar-refractivity contribution in [2.45, 2.75) is 77.6 Å². The van der Waals surface area contributed by atoms with Gasteiger partial charge in [-0.1, -0.05) is 13.3 Å². The van der Waals surface area contributed by atoms with Crippen molar-refractivity contribution in [3.8, 4) is 0 Å². The monoisotopic (exact) mass is 279 g/mol. The van der Waals surface area contributed by atoms with Crippen LogP contribution in [0.4, 0.5) is 0 Å². The Bertz CT molecular complexity index is 422. The number of aromatic nitrogens is 2. The van der Waals surface area contributed by atoms with E-state index < -0.39 is 0 Å². The molecular formula is C16H29N3O. The molecule has 0 bridgehead atoms. The van der Waals surface area contributed by atoms with E-state index >= 15 is 0 Å². The second-order valence-electron chi connectivity index (χ2n) is 6.97. The summed E-state index contributed by atoms with van der Waals surface area (Å²) in [4.78, 5) is 2.43. The molecule has 0 radical (unpaired) electrons. The maximum Gasteiger partial charge on any atom is 0.0692 e. The SMILES string of the molecule is CC[C@H](O)[C@@H]1CCCCN1Cc1cnn(C(C)(C)C)c1. The van der Waals surface area contributed by atoms with Gasteiger partial charge in [-0.05, 0) is 46.6 Å². The number of rotatable bonds is 4. The second kappa shape index (κ2) is 6.27. The fourth-order valence-corrected chi connectivity index (χ4v) is 2.96. The molecule has 20 heavy (non-hydrogen) atoms. The molecule has 1 aromatic rings. The van der Waals surface area contributed by atoms with E-state index in [0.29, 0.717) is 6.04 Å². The normalized spacial score (nSPS) is 22.9. The zero-order chi connectivity index (χ0) is 14.8. The third-order valence-electron chi connectivity index (χ3n) is 4.24. The summed E-state index contributed by atoms with van der Waals surface area (Å²) >= 11 is 0. The van der Waals surface area contributed by atoms with Gasteiger partial charge in [-0.25, -0.2) is 0 Å². The van der Waals surface area contributed by atoms with Gasteiger partial charge in [0.1, 0.15) is 0 Å². The number of aliphatic hydroxyl groups excluding tert-OH is 1. The minimum absolute atomic E-state index is 0.0302.